The summed E-state index contributed by atoms with van der Waals surface area (Å²) in [6.45, 7) is 9.33. The molecule has 0 saturated carbocycles. The summed E-state index contributed by atoms with van der Waals surface area (Å²) in [5.41, 5.74) is 5.46. The van der Waals surface area contributed by atoms with Gasteiger partial charge in [0.15, 0.2) is 0 Å². The number of para-hydroxylation sites is 1. The van der Waals surface area contributed by atoms with Crippen LogP contribution in [-0.4, -0.2) is 34.5 Å². The monoisotopic (exact) mass is 459 g/mol. The minimum atomic E-state index is 0.0713. The maximum absolute atomic E-state index is 13.1. The van der Waals surface area contributed by atoms with Crippen LogP contribution >= 0.6 is 11.3 Å². The highest BCUT2D eigenvalue weighted by Crippen LogP contribution is 2.41. The molecule has 4 nitrogen and oxygen atoms in total. The number of amides is 1. The molecule has 5 rings (SSSR count). The number of rotatable bonds is 6. The topological polar surface area (TPSA) is 37.3 Å². The molecule has 172 valence electrons. The molecule has 4 aromatic rings. The molecule has 1 atom stereocenters. The molecular formula is C28H33N3OS. The van der Waals surface area contributed by atoms with Crippen LogP contribution < -0.4 is 5.32 Å². The zero-order valence-electron chi connectivity index (χ0n) is 20.0. The van der Waals surface area contributed by atoms with Crippen LogP contribution in [-0.2, 0) is 20.0 Å². The zero-order chi connectivity index (χ0) is 23.1. The second-order valence-corrected chi connectivity index (χ2v) is 10.6. The number of hydrogen-bond donors (Lipinski definition) is 1. The molecule has 1 saturated heterocycles. The van der Waals surface area contributed by atoms with Crippen LogP contribution in [0.5, 0.6) is 0 Å². The minimum Gasteiger partial charge on any atom is -0.349 e. The van der Waals surface area contributed by atoms with Crippen molar-refractivity contribution in [3.05, 3.63) is 70.2 Å². The van der Waals surface area contributed by atoms with Gasteiger partial charge >= 0.3 is 0 Å². The van der Waals surface area contributed by atoms with Crippen LogP contribution in [0.25, 0.3) is 21.0 Å². The largest absolute Gasteiger partial charge is 0.349 e. The van der Waals surface area contributed by atoms with E-state index in [0.717, 1.165) is 37.4 Å². The second-order valence-electron chi connectivity index (χ2n) is 9.54. The number of likely N-dealkylation sites (tertiary alicyclic amines) is 1. The number of fused-ring (bicyclic) bond motifs is 2. The Balaban J connectivity index is 1.46. The van der Waals surface area contributed by atoms with Crippen LogP contribution in [0.1, 0.15) is 59.6 Å². The maximum atomic E-state index is 13.1. The first kappa shape index (κ1) is 22.2. The third kappa shape index (κ3) is 3.98. The van der Waals surface area contributed by atoms with Gasteiger partial charge in [-0.2, -0.15) is 0 Å². The van der Waals surface area contributed by atoms with E-state index in [0.29, 0.717) is 5.92 Å². The number of carbonyl (C=O) groups excluding carboxylic acids is 1. The van der Waals surface area contributed by atoms with Crippen LogP contribution in [0.4, 0.5) is 0 Å². The molecule has 2 aromatic heterocycles. The lowest BCUT2D eigenvalue weighted by Crippen LogP contribution is -2.30. The van der Waals surface area contributed by atoms with Gasteiger partial charge in [0, 0.05) is 53.4 Å². The number of hydrogen-bond acceptors (Lipinski definition) is 3. The van der Waals surface area contributed by atoms with E-state index < -0.39 is 0 Å². The molecule has 0 radical (unpaired) electrons. The minimum absolute atomic E-state index is 0.0713. The van der Waals surface area contributed by atoms with Crippen LogP contribution in [0.2, 0.25) is 0 Å². The summed E-state index contributed by atoms with van der Waals surface area (Å²) in [6.07, 6.45) is 2.13. The van der Waals surface area contributed by atoms with Crippen molar-refractivity contribution in [2.24, 2.45) is 7.05 Å². The van der Waals surface area contributed by atoms with Crippen LogP contribution in [0.3, 0.4) is 0 Å². The number of thiophene rings is 1. The summed E-state index contributed by atoms with van der Waals surface area (Å²) < 4.78 is 3.57. The molecular weight excluding hydrogens is 426 g/mol. The van der Waals surface area contributed by atoms with Crippen molar-refractivity contribution in [1.82, 2.24) is 14.8 Å². The second kappa shape index (κ2) is 8.96. The van der Waals surface area contributed by atoms with Crippen LogP contribution in [0, 0.1) is 0 Å². The summed E-state index contributed by atoms with van der Waals surface area (Å²) >= 11 is 1.64. The van der Waals surface area contributed by atoms with Gasteiger partial charge in [-0.15, -0.1) is 11.3 Å². The van der Waals surface area contributed by atoms with E-state index in [1.165, 1.54) is 37.8 Å². The Morgan fingerprint density at radius 2 is 1.85 bits per heavy atom. The summed E-state index contributed by atoms with van der Waals surface area (Å²) in [5, 5.41) is 5.75. The molecule has 2 aromatic carbocycles. The quantitative estimate of drug-likeness (QED) is 0.379. The SMILES string of the molecule is CCc1c(CN2CCC(c3c(C(=O)NC(C)C)sc4ccccc34)C2)c2ccccc2n1C. The zero-order valence-corrected chi connectivity index (χ0v) is 20.8. The summed E-state index contributed by atoms with van der Waals surface area (Å²) in [7, 11) is 2.19. The highest BCUT2D eigenvalue weighted by atomic mass is 32.1. The van der Waals surface area contributed by atoms with Gasteiger partial charge in [-0.25, -0.2) is 0 Å². The Bertz CT molecular complexity index is 1320. The lowest BCUT2D eigenvalue weighted by Gasteiger charge is -2.18. The standard InChI is InChI=1S/C28H33N3OS/c1-5-23-22(20-10-6-8-12-24(20)30(23)4)17-31-15-14-19(16-31)26-21-11-7-9-13-25(21)33-27(26)28(32)29-18(2)3/h6-13,18-19H,5,14-17H2,1-4H3,(H,29,32). The molecule has 1 amide bonds. The molecule has 33 heavy (non-hydrogen) atoms. The highest BCUT2D eigenvalue weighted by molar-refractivity contribution is 7.21. The van der Waals surface area contributed by atoms with Gasteiger partial charge in [0.2, 0.25) is 0 Å². The fourth-order valence-electron chi connectivity index (χ4n) is 5.55. The summed E-state index contributed by atoms with van der Waals surface area (Å²) in [4.78, 5) is 16.6. The predicted molar refractivity (Wildman–Crippen MR) is 139 cm³/mol. The van der Waals surface area contributed by atoms with Gasteiger partial charge < -0.3 is 9.88 Å². The van der Waals surface area contributed by atoms with Gasteiger partial charge in [0.05, 0.1) is 4.88 Å². The maximum Gasteiger partial charge on any atom is 0.261 e. The number of aryl methyl sites for hydroxylation is 1. The first-order valence-corrected chi connectivity index (χ1v) is 12.9. The third-order valence-electron chi connectivity index (χ3n) is 7.00. The number of nitrogens with zero attached hydrogens (tertiary/aromatic N) is 2. The van der Waals surface area contributed by atoms with Gasteiger partial charge in [-0.3, -0.25) is 9.69 Å². The molecule has 5 heteroatoms. The van der Waals surface area contributed by atoms with Gasteiger partial charge in [0.25, 0.3) is 5.91 Å². The van der Waals surface area contributed by atoms with E-state index >= 15 is 0 Å². The van der Waals surface area contributed by atoms with Crippen molar-refractivity contribution in [1.29, 1.82) is 0 Å². The van der Waals surface area contributed by atoms with E-state index in [1.54, 1.807) is 11.3 Å². The smallest absolute Gasteiger partial charge is 0.261 e. The Labute approximate surface area is 200 Å². The van der Waals surface area contributed by atoms with E-state index in [2.05, 4.69) is 77.3 Å². The molecule has 0 bridgehead atoms. The summed E-state index contributed by atoms with van der Waals surface area (Å²) in [5.74, 6) is 0.455. The van der Waals surface area contributed by atoms with Crippen LogP contribution in [0.15, 0.2) is 48.5 Å². The normalized spacial score (nSPS) is 16.9. The molecule has 1 aliphatic rings. The van der Waals surface area contributed by atoms with E-state index in [9.17, 15) is 4.79 Å². The predicted octanol–water partition coefficient (Wildman–Crippen LogP) is 6.08. The number of aromatic nitrogens is 1. The number of nitrogens with one attached hydrogen (secondary N) is 1. The van der Waals surface area contributed by atoms with Crippen molar-refractivity contribution in [2.75, 3.05) is 13.1 Å². The molecule has 1 aliphatic heterocycles. The van der Waals surface area contributed by atoms with E-state index in [4.69, 9.17) is 0 Å². The van der Waals surface area contributed by atoms with Crippen molar-refractivity contribution in [2.45, 2.75) is 52.1 Å². The Morgan fingerprint density at radius 3 is 2.61 bits per heavy atom. The molecule has 0 aliphatic carbocycles. The van der Waals surface area contributed by atoms with Crippen molar-refractivity contribution in [3.8, 4) is 0 Å². The first-order valence-electron chi connectivity index (χ1n) is 12.1. The molecule has 3 heterocycles. The highest BCUT2D eigenvalue weighted by Gasteiger charge is 2.31. The van der Waals surface area contributed by atoms with Gasteiger partial charge in [-0.1, -0.05) is 43.3 Å². The lowest BCUT2D eigenvalue weighted by atomic mass is 9.95. The molecule has 0 spiro atoms. The number of carbonyl (C=O) groups is 1. The Morgan fingerprint density at radius 1 is 1.12 bits per heavy atom. The van der Waals surface area contributed by atoms with Crippen molar-refractivity contribution < 1.29 is 4.79 Å². The van der Waals surface area contributed by atoms with Crippen molar-refractivity contribution >= 4 is 38.2 Å². The van der Waals surface area contributed by atoms with E-state index in [-0.39, 0.29) is 11.9 Å². The number of benzene rings is 2. The van der Waals surface area contributed by atoms with Gasteiger partial charge in [0.1, 0.15) is 0 Å². The first-order chi connectivity index (χ1) is 16.0. The Kier molecular flexibility index (Phi) is 6.02. The van der Waals surface area contributed by atoms with E-state index in [1.807, 2.05) is 13.8 Å². The fourth-order valence-corrected chi connectivity index (χ4v) is 6.75. The fraction of sp³-hybridized carbons (Fsp3) is 0.393. The molecule has 1 fully saturated rings. The molecule has 1 N–H and O–H groups in total. The molecule has 1 unspecified atom stereocenters. The summed E-state index contributed by atoms with van der Waals surface area (Å²) in [6, 6.07) is 17.4. The van der Waals surface area contributed by atoms with Crippen molar-refractivity contribution in [3.63, 3.8) is 0 Å². The van der Waals surface area contributed by atoms with Gasteiger partial charge in [-0.05, 0) is 61.9 Å². The third-order valence-corrected chi connectivity index (χ3v) is 8.19. The lowest BCUT2D eigenvalue weighted by molar-refractivity contribution is 0.0946. The average molecular weight is 460 g/mol. The Hall–Kier alpha value is -2.63. The average Bonchev–Trinajstić information content (AvgIpc) is 3.48.